The van der Waals surface area contributed by atoms with Crippen LogP contribution in [0.2, 0.25) is 15.1 Å². The highest BCUT2D eigenvalue weighted by Crippen LogP contribution is 2.29. The highest BCUT2D eigenvalue weighted by Gasteiger charge is 2.10. The van der Waals surface area contributed by atoms with Crippen LogP contribution in [0.5, 0.6) is 0 Å². The van der Waals surface area contributed by atoms with Gasteiger partial charge in [0, 0.05) is 6.04 Å². The van der Waals surface area contributed by atoms with Crippen LogP contribution in [-0.4, -0.2) is 0 Å². The first-order valence-corrected chi connectivity index (χ1v) is 6.77. The van der Waals surface area contributed by atoms with Crippen molar-refractivity contribution in [2.75, 3.05) is 5.32 Å². The van der Waals surface area contributed by atoms with Crippen molar-refractivity contribution in [3.05, 3.63) is 62.8 Å². The molecule has 0 aliphatic carbocycles. The monoisotopic (exact) mass is 317 g/mol. The van der Waals surface area contributed by atoms with E-state index in [1.165, 1.54) is 12.1 Å². The summed E-state index contributed by atoms with van der Waals surface area (Å²) in [5, 5.41) is 4.55. The maximum atomic E-state index is 13.0. The number of benzene rings is 2. The van der Waals surface area contributed by atoms with Crippen molar-refractivity contribution >= 4 is 40.5 Å². The number of rotatable bonds is 3. The molecule has 1 unspecified atom stereocenters. The van der Waals surface area contributed by atoms with Crippen LogP contribution < -0.4 is 5.32 Å². The summed E-state index contributed by atoms with van der Waals surface area (Å²) in [6.07, 6.45) is 0. The van der Waals surface area contributed by atoms with Gasteiger partial charge >= 0.3 is 0 Å². The molecule has 100 valence electrons. The van der Waals surface area contributed by atoms with Crippen LogP contribution in [0.25, 0.3) is 0 Å². The molecule has 0 radical (unpaired) electrons. The van der Waals surface area contributed by atoms with Gasteiger partial charge in [-0.05, 0) is 42.8 Å². The smallest absolute Gasteiger partial charge is 0.124 e. The van der Waals surface area contributed by atoms with Crippen molar-refractivity contribution in [3.63, 3.8) is 0 Å². The third-order valence-electron chi connectivity index (χ3n) is 2.75. The summed E-state index contributed by atoms with van der Waals surface area (Å²) in [5.74, 6) is -0.363. The van der Waals surface area contributed by atoms with E-state index in [1.807, 2.05) is 13.0 Å². The SMILES string of the molecule is CC(Nc1ccc(F)cc1Cl)c1ccc(Cl)c(Cl)c1. The van der Waals surface area contributed by atoms with E-state index < -0.39 is 0 Å². The zero-order valence-corrected chi connectivity index (χ0v) is 12.3. The van der Waals surface area contributed by atoms with Crippen molar-refractivity contribution in [2.45, 2.75) is 13.0 Å². The van der Waals surface area contributed by atoms with E-state index in [0.717, 1.165) is 5.56 Å². The van der Waals surface area contributed by atoms with Crippen molar-refractivity contribution in [1.29, 1.82) is 0 Å². The quantitative estimate of drug-likeness (QED) is 0.736. The molecule has 0 aromatic heterocycles. The minimum Gasteiger partial charge on any atom is -0.377 e. The molecule has 0 saturated heterocycles. The number of halogens is 4. The molecule has 0 spiro atoms. The summed E-state index contributed by atoms with van der Waals surface area (Å²) < 4.78 is 13.0. The van der Waals surface area contributed by atoms with E-state index in [9.17, 15) is 4.39 Å². The summed E-state index contributed by atoms with van der Waals surface area (Å²) in [5.41, 5.74) is 1.64. The Balaban J connectivity index is 2.20. The molecule has 0 amide bonds. The van der Waals surface area contributed by atoms with Gasteiger partial charge < -0.3 is 5.32 Å². The van der Waals surface area contributed by atoms with Gasteiger partial charge in [0.2, 0.25) is 0 Å². The molecule has 1 atom stereocenters. The zero-order valence-electron chi connectivity index (χ0n) is 10.1. The number of hydrogen-bond acceptors (Lipinski definition) is 1. The molecule has 0 saturated carbocycles. The van der Waals surface area contributed by atoms with E-state index in [-0.39, 0.29) is 11.9 Å². The summed E-state index contributed by atoms with van der Waals surface area (Å²) in [4.78, 5) is 0. The first kappa shape index (κ1) is 14.4. The van der Waals surface area contributed by atoms with Crippen LogP contribution in [0, 0.1) is 5.82 Å². The molecule has 0 aliphatic heterocycles. The van der Waals surface area contributed by atoms with Crippen LogP contribution >= 0.6 is 34.8 Å². The van der Waals surface area contributed by atoms with E-state index >= 15 is 0 Å². The molecule has 0 bridgehead atoms. The molecule has 2 aromatic rings. The normalized spacial score (nSPS) is 12.3. The topological polar surface area (TPSA) is 12.0 Å². The second-order valence-corrected chi connectivity index (χ2v) is 5.39. The predicted molar refractivity (Wildman–Crippen MR) is 79.9 cm³/mol. The molecule has 0 fully saturated rings. The zero-order chi connectivity index (χ0) is 14.0. The Morgan fingerprint density at radius 2 is 1.68 bits per heavy atom. The van der Waals surface area contributed by atoms with Crippen molar-refractivity contribution in [2.24, 2.45) is 0 Å². The Bertz CT molecular complexity index is 601. The van der Waals surface area contributed by atoms with E-state index in [2.05, 4.69) is 5.32 Å². The van der Waals surface area contributed by atoms with E-state index in [0.29, 0.717) is 20.8 Å². The molecule has 5 heteroatoms. The predicted octanol–water partition coefficient (Wildman–Crippen LogP) is 5.96. The summed E-state index contributed by atoms with van der Waals surface area (Å²) in [6, 6.07) is 9.61. The van der Waals surface area contributed by atoms with E-state index in [1.54, 1.807) is 18.2 Å². The Labute approximate surface area is 126 Å². The lowest BCUT2D eigenvalue weighted by Gasteiger charge is -2.17. The van der Waals surface area contributed by atoms with Gasteiger partial charge in [-0.25, -0.2) is 4.39 Å². The van der Waals surface area contributed by atoms with Crippen LogP contribution in [-0.2, 0) is 0 Å². The van der Waals surface area contributed by atoms with Crippen molar-refractivity contribution < 1.29 is 4.39 Å². The minimum absolute atomic E-state index is 0.0299. The van der Waals surface area contributed by atoms with Crippen LogP contribution in [0.15, 0.2) is 36.4 Å². The first-order chi connectivity index (χ1) is 8.97. The fourth-order valence-electron chi connectivity index (χ4n) is 1.70. The number of anilines is 1. The molecule has 19 heavy (non-hydrogen) atoms. The summed E-state index contributed by atoms with van der Waals surface area (Å²) >= 11 is 17.8. The van der Waals surface area contributed by atoms with Crippen molar-refractivity contribution in [3.8, 4) is 0 Å². The Morgan fingerprint density at radius 1 is 0.947 bits per heavy atom. The van der Waals surface area contributed by atoms with Gasteiger partial charge in [0.1, 0.15) is 5.82 Å². The highest BCUT2D eigenvalue weighted by atomic mass is 35.5. The van der Waals surface area contributed by atoms with Crippen LogP contribution in [0.3, 0.4) is 0 Å². The molecular formula is C14H11Cl3FN. The van der Waals surface area contributed by atoms with Crippen LogP contribution in [0.4, 0.5) is 10.1 Å². The van der Waals surface area contributed by atoms with Gasteiger partial charge in [-0.2, -0.15) is 0 Å². The molecule has 1 N–H and O–H groups in total. The van der Waals surface area contributed by atoms with Crippen LogP contribution in [0.1, 0.15) is 18.5 Å². The number of nitrogens with one attached hydrogen (secondary N) is 1. The largest absolute Gasteiger partial charge is 0.377 e. The Morgan fingerprint density at radius 3 is 2.32 bits per heavy atom. The molecular weight excluding hydrogens is 308 g/mol. The fraction of sp³-hybridized carbons (Fsp3) is 0.143. The van der Waals surface area contributed by atoms with Gasteiger partial charge in [-0.1, -0.05) is 40.9 Å². The lowest BCUT2D eigenvalue weighted by atomic mass is 10.1. The maximum absolute atomic E-state index is 13.0. The molecule has 2 aromatic carbocycles. The summed E-state index contributed by atoms with van der Waals surface area (Å²) in [6.45, 7) is 1.96. The fourth-order valence-corrected chi connectivity index (χ4v) is 2.23. The Hall–Kier alpha value is -0.960. The molecule has 2 rings (SSSR count). The summed E-state index contributed by atoms with van der Waals surface area (Å²) in [7, 11) is 0. The lowest BCUT2D eigenvalue weighted by molar-refractivity contribution is 0.628. The van der Waals surface area contributed by atoms with Gasteiger partial charge in [-0.3, -0.25) is 0 Å². The van der Waals surface area contributed by atoms with Crippen molar-refractivity contribution in [1.82, 2.24) is 0 Å². The lowest BCUT2D eigenvalue weighted by Crippen LogP contribution is -2.07. The average Bonchev–Trinajstić information content (AvgIpc) is 2.36. The average molecular weight is 319 g/mol. The number of hydrogen-bond donors (Lipinski definition) is 1. The Kier molecular flexibility index (Phi) is 4.56. The molecule has 1 nitrogen and oxygen atoms in total. The van der Waals surface area contributed by atoms with E-state index in [4.69, 9.17) is 34.8 Å². The highest BCUT2D eigenvalue weighted by molar-refractivity contribution is 6.42. The maximum Gasteiger partial charge on any atom is 0.124 e. The van der Waals surface area contributed by atoms with Gasteiger partial charge in [0.05, 0.1) is 20.8 Å². The second-order valence-electron chi connectivity index (χ2n) is 4.16. The second kappa shape index (κ2) is 6.00. The van der Waals surface area contributed by atoms with Gasteiger partial charge in [0.25, 0.3) is 0 Å². The third-order valence-corrected chi connectivity index (χ3v) is 3.80. The first-order valence-electron chi connectivity index (χ1n) is 5.64. The minimum atomic E-state index is -0.363. The third kappa shape index (κ3) is 3.53. The van der Waals surface area contributed by atoms with Gasteiger partial charge in [-0.15, -0.1) is 0 Å². The molecule has 0 aliphatic rings. The molecule has 0 heterocycles. The van der Waals surface area contributed by atoms with Gasteiger partial charge in [0.15, 0.2) is 0 Å². The standard InChI is InChI=1S/C14H11Cl3FN/c1-8(9-2-4-11(15)12(16)6-9)19-14-5-3-10(18)7-13(14)17/h2-8,19H,1H3.